The Morgan fingerprint density at radius 3 is 2.82 bits per heavy atom. The molecule has 0 spiro atoms. The van der Waals surface area contributed by atoms with Crippen molar-refractivity contribution in [1.82, 2.24) is 0 Å². The van der Waals surface area contributed by atoms with Crippen molar-refractivity contribution in [2.24, 2.45) is 0 Å². The topological polar surface area (TPSA) is 17.1 Å². The third-order valence-corrected chi connectivity index (χ3v) is 4.81. The van der Waals surface area contributed by atoms with Crippen LogP contribution in [0.2, 0.25) is 0 Å². The fourth-order valence-electron chi connectivity index (χ4n) is 1.41. The van der Waals surface area contributed by atoms with E-state index in [9.17, 15) is 9.18 Å². The van der Waals surface area contributed by atoms with Gasteiger partial charge in [0.05, 0.1) is 2.88 Å². The van der Waals surface area contributed by atoms with E-state index in [2.05, 4.69) is 38.5 Å². The van der Waals surface area contributed by atoms with Crippen LogP contribution in [0.3, 0.4) is 0 Å². The second-order valence-electron chi connectivity index (χ2n) is 3.48. The van der Waals surface area contributed by atoms with Gasteiger partial charge in [0, 0.05) is 21.8 Å². The van der Waals surface area contributed by atoms with Crippen molar-refractivity contribution in [3.63, 3.8) is 0 Å². The maximum atomic E-state index is 13.1. The van der Waals surface area contributed by atoms with Crippen LogP contribution in [0.4, 0.5) is 4.39 Å². The SMILES string of the molecule is O=C(Cc1cc(F)ccc1Br)c1csc(I)c1. The summed E-state index contributed by atoms with van der Waals surface area (Å²) in [5, 5.41) is 1.83. The summed E-state index contributed by atoms with van der Waals surface area (Å²) in [6, 6.07) is 6.22. The predicted molar refractivity (Wildman–Crippen MR) is 79.2 cm³/mol. The Morgan fingerprint density at radius 2 is 2.18 bits per heavy atom. The van der Waals surface area contributed by atoms with Gasteiger partial charge in [-0.2, -0.15) is 0 Å². The first kappa shape index (κ1) is 13.2. The Labute approximate surface area is 124 Å². The Morgan fingerprint density at radius 1 is 1.41 bits per heavy atom. The summed E-state index contributed by atoms with van der Waals surface area (Å²) in [6.45, 7) is 0. The molecule has 0 aliphatic rings. The minimum absolute atomic E-state index is 0.00969. The molecule has 0 atom stereocenters. The molecule has 5 heteroatoms. The molecular weight excluding hydrogens is 418 g/mol. The van der Waals surface area contributed by atoms with Crippen LogP contribution in [0.1, 0.15) is 15.9 Å². The molecule has 0 fully saturated rings. The van der Waals surface area contributed by atoms with E-state index in [1.165, 1.54) is 23.5 Å². The summed E-state index contributed by atoms with van der Waals surface area (Å²) >= 11 is 7.02. The van der Waals surface area contributed by atoms with Crippen molar-refractivity contribution >= 4 is 55.6 Å². The van der Waals surface area contributed by atoms with Gasteiger partial charge in [-0.15, -0.1) is 11.3 Å². The minimum Gasteiger partial charge on any atom is -0.294 e. The Balaban J connectivity index is 2.21. The van der Waals surface area contributed by atoms with Gasteiger partial charge in [0.15, 0.2) is 5.78 Å². The number of ketones is 1. The number of benzene rings is 1. The summed E-state index contributed by atoms with van der Waals surface area (Å²) in [4.78, 5) is 12.0. The minimum atomic E-state index is -0.323. The third-order valence-electron chi connectivity index (χ3n) is 2.25. The smallest absolute Gasteiger partial charge is 0.168 e. The Bertz CT molecular complexity index is 567. The van der Waals surface area contributed by atoms with Crippen molar-refractivity contribution < 1.29 is 9.18 Å². The molecule has 2 rings (SSSR count). The zero-order valence-corrected chi connectivity index (χ0v) is 13.1. The number of rotatable bonds is 3. The van der Waals surface area contributed by atoms with Crippen LogP contribution < -0.4 is 0 Å². The quantitative estimate of drug-likeness (QED) is 0.516. The molecule has 0 aliphatic carbocycles. The van der Waals surface area contributed by atoms with Crippen LogP contribution in [0, 0.1) is 8.70 Å². The van der Waals surface area contributed by atoms with Gasteiger partial charge in [-0.3, -0.25) is 4.79 Å². The Hall–Kier alpha value is -0.270. The molecule has 0 saturated carbocycles. The fraction of sp³-hybridized carbons (Fsp3) is 0.0833. The second-order valence-corrected chi connectivity index (χ2v) is 7.13. The molecule has 0 amide bonds. The molecule has 1 aromatic carbocycles. The number of hydrogen-bond acceptors (Lipinski definition) is 2. The van der Waals surface area contributed by atoms with E-state index in [0.29, 0.717) is 11.1 Å². The standard InChI is InChI=1S/C12H7BrFIOS/c13-10-2-1-9(14)3-7(10)4-11(16)8-5-12(15)17-6-8/h1-3,5-6H,4H2. The summed E-state index contributed by atoms with van der Waals surface area (Å²) < 4.78 is 14.9. The first-order valence-corrected chi connectivity index (χ1v) is 7.52. The molecule has 0 unspecified atom stereocenters. The van der Waals surface area contributed by atoms with E-state index in [0.717, 1.165) is 7.36 Å². The monoisotopic (exact) mass is 424 g/mol. The molecular formula is C12H7BrFIOS. The number of carbonyl (C=O) groups is 1. The van der Waals surface area contributed by atoms with Gasteiger partial charge < -0.3 is 0 Å². The summed E-state index contributed by atoms with van der Waals surface area (Å²) in [6.07, 6.45) is 0.213. The normalized spacial score (nSPS) is 10.5. The van der Waals surface area contributed by atoms with Gasteiger partial charge in [0.2, 0.25) is 0 Å². The van der Waals surface area contributed by atoms with E-state index in [1.807, 2.05) is 11.4 Å². The third kappa shape index (κ3) is 3.35. The predicted octanol–water partition coefficient (Wildman–Crippen LogP) is 4.68. The van der Waals surface area contributed by atoms with Gasteiger partial charge in [-0.25, -0.2) is 4.39 Å². The molecule has 0 aliphatic heterocycles. The molecule has 1 aromatic heterocycles. The largest absolute Gasteiger partial charge is 0.294 e. The maximum absolute atomic E-state index is 13.1. The van der Waals surface area contributed by atoms with E-state index >= 15 is 0 Å². The highest BCUT2D eigenvalue weighted by atomic mass is 127. The van der Waals surface area contributed by atoms with Crippen LogP contribution in [-0.4, -0.2) is 5.78 Å². The number of carbonyl (C=O) groups excluding carboxylic acids is 1. The van der Waals surface area contributed by atoms with Crippen LogP contribution in [-0.2, 0) is 6.42 Å². The summed E-state index contributed by atoms with van der Waals surface area (Å²) in [5.74, 6) is -0.314. The average molecular weight is 425 g/mol. The number of hydrogen-bond donors (Lipinski definition) is 0. The van der Waals surface area contributed by atoms with Gasteiger partial charge in [0.25, 0.3) is 0 Å². The molecule has 0 N–H and O–H groups in total. The van der Waals surface area contributed by atoms with Crippen LogP contribution in [0.25, 0.3) is 0 Å². The van der Waals surface area contributed by atoms with E-state index in [1.54, 1.807) is 6.07 Å². The lowest BCUT2D eigenvalue weighted by molar-refractivity contribution is 0.0993. The van der Waals surface area contributed by atoms with Gasteiger partial charge in [-0.05, 0) is 52.4 Å². The zero-order valence-electron chi connectivity index (χ0n) is 8.54. The summed E-state index contributed by atoms with van der Waals surface area (Å²) in [7, 11) is 0. The van der Waals surface area contributed by atoms with Crippen molar-refractivity contribution in [2.75, 3.05) is 0 Å². The molecule has 88 valence electrons. The molecule has 2 aromatic rings. The van der Waals surface area contributed by atoms with Crippen LogP contribution in [0.15, 0.2) is 34.1 Å². The van der Waals surface area contributed by atoms with Crippen molar-refractivity contribution in [1.29, 1.82) is 0 Å². The van der Waals surface area contributed by atoms with Gasteiger partial charge in [-0.1, -0.05) is 15.9 Å². The molecule has 0 bridgehead atoms. The van der Waals surface area contributed by atoms with Crippen LogP contribution in [0.5, 0.6) is 0 Å². The van der Waals surface area contributed by atoms with Gasteiger partial charge >= 0.3 is 0 Å². The van der Waals surface area contributed by atoms with E-state index in [4.69, 9.17) is 0 Å². The highest BCUT2D eigenvalue weighted by Gasteiger charge is 2.11. The number of Topliss-reactive ketones (excluding diaryl/α,β-unsaturated/α-hetero) is 1. The summed E-state index contributed by atoms with van der Waals surface area (Å²) in [5.41, 5.74) is 1.37. The van der Waals surface area contributed by atoms with E-state index in [-0.39, 0.29) is 18.0 Å². The lowest BCUT2D eigenvalue weighted by atomic mass is 10.1. The molecule has 0 saturated heterocycles. The van der Waals surface area contributed by atoms with Crippen LogP contribution >= 0.6 is 49.9 Å². The van der Waals surface area contributed by atoms with Crippen molar-refractivity contribution in [2.45, 2.75) is 6.42 Å². The molecule has 0 radical (unpaired) electrons. The lowest BCUT2D eigenvalue weighted by Gasteiger charge is -2.03. The highest BCUT2D eigenvalue weighted by Crippen LogP contribution is 2.22. The highest BCUT2D eigenvalue weighted by molar-refractivity contribution is 14.1. The molecule has 1 nitrogen and oxygen atoms in total. The first-order valence-electron chi connectivity index (χ1n) is 4.77. The van der Waals surface area contributed by atoms with Gasteiger partial charge in [0.1, 0.15) is 5.82 Å². The number of halogens is 3. The Kier molecular flexibility index (Phi) is 4.32. The second kappa shape index (κ2) is 5.58. The fourth-order valence-corrected chi connectivity index (χ4v) is 3.15. The zero-order chi connectivity index (χ0) is 12.4. The molecule has 17 heavy (non-hydrogen) atoms. The van der Waals surface area contributed by atoms with Crippen molar-refractivity contribution in [3.8, 4) is 0 Å². The number of thiophene rings is 1. The first-order chi connectivity index (χ1) is 8.06. The molecule has 1 heterocycles. The van der Waals surface area contributed by atoms with E-state index < -0.39 is 0 Å². The lowest BCUT2D eigenvalue weighted by Crippen LogP contribution is -2.03. The maximum Gasteiger partial charge on any atom is 0.168 e. The average Bonchev–Trinajstić information content (AvgIpc) is 2.70. The van der Waals surface area contributed by atoms with Crippen molar-refractivity contribution in [3.05, 3.63) is 53.9 Å².